The molecule has 0 fully saturated rings. The van der Waals surface area contributed by atoms with Crippen LogP contribution in [0.15, 0.2) is 12.4 Å². The summed E-state index contributed by atoms with van der Waals surface area (Å²) in [6, 6.07) is 0. The number of halogens is 2. The number of hydrogen-bond acceptors (Lipinski definition) is 1. The molecule has 0 aliphatic heterocycles. The molecule has 0 N–H and O–H groups in total. The first-order chi connectivity index (χ1) is 10.1. The van der Waals surface area contributed by atoms with Crippen LogP contribution in [0.25, 0.3) is 0 Å². The first kappa shape index (κ1) is 19.2. The maximum absolute atomic E-state index is 14.7. The molecule has 0 atom stereocenters. The fourth-order valence-corrected chi connectivity index (χ4v) is 19.5. The summed E-state index contributed by atoms with van der Waals surface area (Å²) < 4.78 is 19.3. The normalized spacial score (nSPS) is 11.9. The van der Waals surface area contributed by atoms with Gasteiger partial charge in [-0.05, 0) is 0 Å². The molecule has 120 valence electrons. The van der Waals surface area contributed by atoms with Gasteiger partial charge in [-0.1, -0.05) is 0 Å². The summed E-state index contributed by atoms with van der Waals surface area (Å²) in [4.78, 5) is 4.22. The third kappa shape index (κ3) is 5.38. The Morgan fingerprint density at radius 2 is 1.43 bits per heavy atom. The summed E-state index contributed by atoms with van der Waals surface area (Å²) in [5, 5.41) is 0.207. The number of rotatable bonds is 10. The fraction of sp³-hybridized carbons (Fsp3) is 0.706. The Bertz CT molecular complexity index is 403. The van der Waals surface area contributed by atoms with Crippen LogP contribution >= 0.6 is 11.6 Å². The van der Waals surface area contributed by atoms with Crippen LogP contribution in [0.2, 0.25) is 18.3 Å². The van der Waals surface area contributed by atoms with Gasteiger partial charge in [0.25, 0.3) is 0 Å². The zero-order valence-electron chi connectivity index (χ0n) is 13.7. The third-order valence-electron chi connectivity index (χ3n) is 4.44. The Labute approximate surface area is 138 Å². The first-order valence-corrected chi connectivity index (χ1v) is 16.3. The molecule has 0 aromatic carbocycles. The maximum atomic E-state index is 14.7. The monoisotopic (exact) mass is 421 g/mol. The third-order valence-corrected chi connectivity index (χ3v) is 20.2. The van der Waals surface area contributed by atoms with Crippen molar-refractivity contribution in [1.82, 2.24) is 4.98 Å². The Balaban J connectivity index is 3.19. The molecule has 0 saturated heterocycles. The van der Waals surface area contributed by atoms with Crippen molar-refractivity contribution >= 4 is 33.6 Å². The van der Waals surface area contributed by atoms with Crippen molar-refractivity contribution in [3.63, 3.8) is 0 Å². The van der Waals surface area contributed by atoms with Crippen LogP contribution in [0.3, 0.4) is 0 Å². The van der Waals surface area contributed by atoms with Crippen LogP contribution in [0.1, 0.15) is 59.3 Å². The van der Waals surface area contributed by atoms with Gasteiger partial charge in [0.1, 0.15) is 0 Å². The first-order valence-electron chi connectivity index (χ1n) is 8.40. The number of aromatic nitrogens is 1. The predicted molar refractivity (Wildman–Crippen MR) is 93.7 cm³/mol. The van der Waals surface area contributed by atoms with Gasteiger partial charge in [0.05, 0.1) is 0 Å². The zero-order valence-corrected chi connectivity index (χ0v) is 17.3. The molecule has 1 aromatic rings. The molecule has 4 heteroatoms. The molecule has 1 nitrogen and oxygen atoms in total. The Hall–Kier alpha value is 0.169. The van der Waals surface area contributed by atoms with E-state index in [1.165, 1.54) is 58.0 Å². The van der Waals surface area contributed by atoms with Gasteiger partial charge in [-0.15, -0.1) is 0 Å². The van der Waals surface area contributed by atoms with E-state index in [-0.39, 0.29) is 10.8 Å². The summed E-state index contributed by atoms with van der Waals surface area (Å²) in [6.07, 6.45) is 10.5. The second kappa shape index (κ2) is 10.0. The second-order valence-electron chi connectivity index (χ2n) is 6.07. The summed E-state index contributed by atoms with van der Waals surface area (Å²) in [5.74, 6) is -0.161. The Morgan fingerprint density at radius 1 is 0.952 bits per heavy atom. The van der Waals surface area contributed by atoms with Crippen molar-refractivity contribution < 1.29 is 4.39 Å². The van der Waals surface area contributed by atoms with Crippen LogP contribution in [-0.2, 0) is 0 Å². The van der Waals surface area contributed by atoms with Gasteiger partial charge in [-0.3, -0.25) is 0 Å². The van der Waals surface area contributed by atoms with Crippen LogP contribution in [0, 0.1) is 5.82 Å². The van der Waals surface area contributed by atoms with Gasteiger partial charge in [-0.2, -0.15) is 0 Å². The van der Waals surface area contributed by atoms with E-state index in [1.54, 1.807) is 6.20 Å². The molecular formula is C17H29ClFNSn. The molecule has 0 aliphatic carbocycles. The van der Waals surface area contributed by atoms with Gasteiger partial charge in [-0.25, -0.2) is 0 Å². The summed E-state index contributed by atoms with van der Waals surface area (Å²) in [6.45, 7) is 6.68. The van der Waals surface area contributed by atoms with Gasteiger partial charge in [0.15, 0.2) is 0 Å². The van der Waals surface area contributed by atoms with E-state index in [2.05, 4.69) is 25.8 Å². The van der Waals surface area contributed by atoms with Crippen LogP contribution in [0.5, 0.6) is 0 Å². The van der Waals surface area contributed by atoms with Crippen molar-refractivity contribution in [3.8, 4) is 0 Å². The van der Waals surface area contributed by atoms with E-state index >= 15 is 0 Å². The molecule has 0 saturated carbocycles. The van der Waals surface area contributed by atoms with Crippen molar-refractivity contribution in [3.05, 3.63) is 23.2 Å². The number of unbranched alkanes of at least 4 members (excludes halogenated alkanes) is 3. The average molecular weight is 421 g/mol. The molecule has 0 bridgehead atoms. The molecule has 1 heterocycles. The van der Waals surface area contributed by atoms with Crippen molar-refractivity contribution in [2.24, 2.45) is 0 Å². The SMILES string of the molecule is CCC[CH2][Sn]([CH2]CCC)([CH2]CCC)[c]1cncc(Cl)c1F. The molecule has 0 spiro atoms. The number of pyridine rings is 1. The zero-order chi connectivity index (χ0) is 15.7. The Kier molecular flexibility index (Phi) is 9.19. The second-order valence-corrected chi connectivity index (χ2v) is 19.6. The van der Waals surface area contributed by atoms with Gasteiger partial charge in [0.2, 0.25) is 0 Å². The summed E-state index contributed by atoms with van der Waals surface area (Å²) in [5.41, 5.74) is 0. The van der Waals surface area contributed by atoms with Crippen molar-refractivity contribution in [1.29, 1.82) is 0 Å². The van der Waals surface area contributed by atoms with E-state index in [4.69, 9.17) is 11.6 Å². The molecule has 0 aliphatic rings. The number of nitrogens with zero attached hydrogens (tertiary/aromatic N) is 1. The predicted octanol–water partition coefficient (Wildman–Crippen LogP) is 5.93. The molecule has 1 rings (SSSR count). The summed E-state index contributed by atoms with van der Waals surface area (Å²) in [7, 11) is 0. The quantitative estimate of drug-likeness (QED) is 0.428. The van der Waals surface area contributed by atoms with Gasteiger partial charge < -0.3 is 0 Å². The van der Waals surface area contributed by atoms with Crippen LogP contribution in [-0.4, -0.2) is 23.4 Å². The fourth-order valence-electron chi connectivity index (χ4n) is 3.11. The van der Waals surface area contributed by atoms with E-state index in [9.17, 15) is 4.39 Å². The minimum absolute atomic E-state index is 0.161. The minimum atomic E-state index is -2.72. The molecule has 1 aromatic heterocycles. The number of hydrogen-bond donors (Lipinski definition) is 0. The molecule has 21 heavy (non-hydrogen) atoms. The van der Waals surface area contributed by atoms with Crippen LogP contribution in [0.4, 0.5) is 4.39 Å². The van der Waals surface area contributed by atoms with E-state index < -0.39 is 18.4 Å². The molecule has 0 amide bonds. The van der Waals surface area contributed by atoms with Gasteiger partial charge >= 0.3 is 139 Å². The Morgan fingerprint density at radius 3 is 1.86 bits per heavy atom. The summed E-state index contributed by atoms with van der Waals surface area (Å²) >= 11 is 3.30. The van der Waals surface area contributed by atoms with E-state index in [1.807, 2.05) is 0 Å². The van der Waals surface area contributed by atoms with Crippen molar-refractivity contribution in [2.75, 3.05) is 0 Å². The van der Waals surface area contributed by atoms with Crippen molar-refractivity contribution in [2.45, 2.75) is 72.6 Å². The standard InChI is InChI=1S/C5H2ClFN.3C4H9.Sn/c6-4-3-8-2-1-5(4)7;3*1-3-4-2;/h2-3H;3*1,3-4H2,2H3;. The molecule has 0 unspecified atom stereocenters. The molecular weight excluding hydrogens is 391 g/mol. The van der Waals surface area contributed by atoms with Gasteiger partial charge in [0, 0.05) is 0 Å². The van der Waals surface area contributed by atoms with Crippen LogP contribution < -0.4 is 3.58 Å². The van der Waals surface area contributed by atoms with E-state index in [0.717, 1.165) is 3.58 Å². The topological polar surface area (TPSA) is 12.9 Å². The average Bonchev–Trinajstić information content (AvgIpc) is 2.50. The molecule has 0 radical (unpaired) electrons. The van der Waals surface area contributed by atoms with E-state index in [0.29, 0.717) is 0 Å².